The van der Waals surface area contributed by atoms with Crippen molar-refractivity contribution >= 4 is 44.3 Å². The van der Waals surface area contributed by atoms with Crippen LogP contribution in [0.3, 0.4) is 0 Å². The minimum Gasteiger partial charge on any atom is -0.361 e. The summed E-state index contributed by atoms with van der Waals surface area (Å²) in [4.78, 5) is 19.2. The van der Waals surface area contributed by atoms with Gasteiger partial charge < -0.3 is 14.5 Å². The molecule has 0 fully saturated rings. The van der Waals surface area contributed by atoms with Crippen LogP contribution in [0.25, 0.3) is 22.0 Å². The maximum absolute atomic E-state index is 14.0. The molecule has 4 nitrogen and oxygen atoms in total. The van der Waals surface area contributed by atoms with E-state index in [1.54, 1.807) is 0 Å². The van der Waals surface area contributed by atoms with E-state index in [9.17, 15) is 4.79 Å². The molecule has 1 N–H and O–H groups in total. The Morgan fingerprint density at radius 1 is 1.00 bits per heavy atom. The first-order valence-electron chi connectivity index (χ1n) is 11.9. The number of aromatic nitrogens is 2. The maximum Gasteiger partial charge on any atom is 0.270 e. The molecule has 0 aliphatic heterocycles. The summed E-state index contributed by atoms with van der Waals surface area (Å²) in [6, 6.07) is 24.1. The van der Waals surface area contributed by atoms with Crippen molar-refractivity contribution in [3.05, 3.63) is 117 Å². The number of aryl methyl sites for hydroxylation is 1. The predicted octanol–water partition coefficient (Wildman–Crippen LogP) is 7.72. The highest BCUT2D eigenvalue weighted by atomic mass is 79.9. The summed E-state index contributed by atoms with van der Waals surface area (Å²) in [5.41, 5.74) is 7.11. The normalized spacial score (nSPS) is 11.2. The third-order valence-electron chi connectivity index (χ3n) is 6.64. The zero-order chi connectivity index (χ0) is 25.2. The van der Waals surface area contributed by atoms with Gasteiger partial charge in [0.05, 0.1) is 0 Å². The lowest BCUT2D eigenvalue weighted by Crippen LogP contribution is -2.31. The molecule has 5 aromatic rings. The maximum atomic E-state index is 14.0. The number of para-hydroxylation sites is 1. The molecule has 36 heavy (non-hydrogen) atoms. The fourth-order valence-electron chi connectivity index (χ4n) is 4.75. The van der Waals surface area contributed by atoms with E-state index in [1.165, 1.54) is 10.9 Å². The molecule has 6 heteroatoms. The minimum atomic E-state index is -0.0000511. The molecule has 3 aromatic carbocycles. The molecule has 0 aliphatic carbocycles. The van der Waals surface area contributed by atoms with Gasteiger partial charge in [0.2, 0.25) is 0 Å². The number of likely N-dealkylation sites (N-methyl/N-ethyl adjacent to an activating group) is 1. The number of carbonyl (C=O) groups is 1. The first kappa shape index (κ1) is 24.4. The molecule has 182 valence electrons. The Hall–Kier alpha value is -3.28. The number of benzene rings is 3. The molecule has 2 heterocycles. The van der Waals surface area contributed by atoms with Crippen molar-refractivity contribution < 1.29 is 4.79 Å². The monoisotopic (exact) mass is 559 g/mol. The fraction of sp³-hybridized carbons (Fsp3) is 0.167. The summed E-state index contributed by atoms with van der Waals surface area (Å²) in [6.07, 6.45) is 4.89. The molecule has 0 bridgehead atoms. The van der Waals surface area contributed by atoms with Gasteiger partial charge in [-0.1, -0.05) is 76.1 Å². The molecule has 0 atom stereocenters. The van der Waals surface area contributed by atoms with Crippen molar-refractivity contribution in [1.82, 2.24) is 14.5 Å². The second kappa shape index (κ2) is 10.4. The van der Waals surface area contributed by atoms with Crippen LogP contribution in [0, 0.1) is 6.92 Å². The summed E-state index contributed by atoms with van der Waals surface area (Å²) in [7, 11) is 1.88. The van der Waals surface area contributed by atoms with Gasteiger partial charge in [-0.3, -0.25) is 4.79 Å². The van der Waals surface area contributed by atoms with Crippen molar-refractivity contribution in [3.63, 3.8) is 0 Å². The summed E-state index contributed by atoms with van der Waals surface area (Å²) in [5, 5.41) is 1.88. The Bertz CT molecular complexity index is 1530. The average Bonchev–Trinajstić information content (AvgIpc) is 3.44. The molecule has 0 unspecified atom stereocenters. The van der Waals surface area contributed by atoms with Gasteiger partial charge in [-0.25, -0.2) is 0 Å². The van der Waals surface area contributed by atoms with Crippen LogP contribution in [-0.2, 0) is 13.0 Å². The predicted molar refractivity (Wildman–Crippen MR) is 152 cm³/mol. The van der Waals surface area contributed by atoms with Gasteiger partial charge in [0.1, 0.15) is 5.69 Å². The van der Waals surface area contributed by atoms with Crippen LogP contribution in [0.4, 0.5) is 0 Å². The van der Waals surface area contributed by atoms with E-state index in [0.29, 0.717) is 23.8 Å². The second-order valence-electron chi connectivity index (χ2n) is 9.10. The van der Waals surface area contributed by atoms with E-state index >= 15 is 0 Å². The molecule has 2 aromatic heterocycles. The lowest BCUT2D eigenvalue weighted by molar-refractivity contribution is 0.0787. The fourth-order valence-corrected chi connectivity index (χ4v) is 5.28. The Balaban J connectivity index is 1.49. The second-order valence-corrected chi connectivity index (χ2v) is 10.4. The summed E-state index contributed by atoms with van der Waals surface area (Å²) in [6.45, 7) is 3.26. The molecule has 0 saturated heterocycles. The van der Waals surface area contributed by atoms with Gasteiger partial charge in [-0.2, -0.15) is 0 Å². The summed E-state index contributed by atoms with van der Waals surface area (Å²) in [5.74, 6) is -0.0000511. The lowest BCUT2D eigenvalue weighted by atomic mass is 10.0. The molecule has 1 amide bonds. The zero-order valence-electron chi connectivity index (χ0n) is 20.3. The van der Waals surface area contributed by atoms with Gasteiger partial charge in [-0.15, -0.1) is 0 Å². The van der Waals surface area contributed by atoms with E-state index in [1.807, 2.05) is 72.7 Å². The quantitative estimate of drug-likeness (QED) is 0.217. The molecule has 0 spiro atoms. The number of rotatable bonds is 7. The number of hydrogen-bond acceptors (Lipinski definition) is 1. The molecule has 0 saturated carbocycles. The highest BCUT2D eigenvalue weighted by molar-refractivity contribution is 9.10. The van der Waals surface area contributed by atoms with E-state index in [0.717, 1.165) is 38.7 Å². The minimum absolute atomic E-state index is 0.0000511. The van der Waals surface area contributed by atoms with Crippen LogP contribution in [0.5, 0.6) is 0 Å². The number of hydrogen-bond donors (Lipinski definition) is 1. The topological polar surface area (TPSA) is 41.0 Å². The van der Waals surface area contributed by atoms with Crippen LogP contribution in [0.1, 0.15) is 27.2 Å². The Morgan fingerprint density at radius 2 is 1.72 bits per heavy atom. The van der Waals surface area contributed by atoms with Gasteiger partial charge in [0, 0.05) is 58.5 Å². The van der Waals surface area contributed by atoms with E-state index < -0.39 is 0 Å². The third-order valence-corrected chi connectivity index (χ3v) is 7.67. The van der Waals surface area contributed by atoms with Crippen molar-refractivity contribution in [3.8, 4) is 11.1 Å². The van der Waals surface area contributed by atoms with Gasteiger partial charge >= 0.3 is 0 Å². The number of aromatic amines is 1. The number of halogens is 2. The number of fused-ring (bicyclic) bond motifs is 1. The Labute approximate surface area is 224 Å². The van der Waals surface area contributed by atoms with Crippen LogP contribution in [-0.4, -0.2) is 34.0 Å². The molecule has 0 aliphatic rings. The Kier molecular flexibility index (Phi) is 7.04. The van der Waals surface area contributed by atoms with Crippen LogP contribution in [0.15, 0.2) is 89.7 Å². The highest BCUT2D eigenvalue weighted by Gasteiger charge is 2.24. The average molecular weight is 561 g/mol. The third kappa shape index (κ3) is 4.86. The van der Waals surface area contributed by atoms with Gasteiger partial charge in [0.15, 0.2) is 0 Å². The molecule has 0 radical (unpaired) electrons. The van der Waals surface area contributed by atoms with Crippen LogP contribution in [0.2, 0.25) is 5.02 Å². The van der Waals surface area contributed by atoms with E-state index in [2.05, 4.69) is 56.8 Å². The molecular formula is C30H27BrClN3O. The van der Waals surface area contributed by atoms with E-state index in [-0.39, 0.29) is 5.91 Å². The molecular weight excluding hydrogens is 534 g/mol. The standard InChI is InChI=1S/C30H27BrClN3O/c1-20-18-35(19-23-7-3-5-9-26(23)31)29(28(20)21-11-13-24(32)14-12-21)30(36)34(2)16-15-22-17-33-27-10-6-4-8-25(22)27/h3-14,17-18,33H,15-16,19H2,1-2H3. The van der Waals surface area contributed by atoms with Crippen molar-refractivity contribution in [2.75, 3.05) is 13.6 Å². The SMILES string of the molecule is Cc1cn(Cc2ccccc2Br)c(C(=O)N(C)CCc2c[nH]c3ccccc23)c1-c1ccc(Cl)cc1. The number of nitrogens with zero attached hydrogens (tertiary/aromatic N) is 2. The number of carbonyl (C=O) groups excluding carboxylic acids is 1. The largest absolute Gasteiger partial charge is 0.361 e. The van der Waals surface area contributed by atoms with Gasteiger partial charge in [0.25, 0.3) is 5.91 Å². The lowest BCUT2D eigenvalue weighted by Gasteiger charge is -2.20. The van der Waals surface area contributed by atoms with Crippen molar-refractivity contribution in [2.24, 2.45) is 0 Å². The Morgan fingerprint density at radius 3 is 2.50 bits per heavy atom. The first-order chi connectivity index (χ1) is 17.4. The van der Waals surface area contributed by atoms with Gasteiger partial charge in [-0.05, 0) is 59.9 Å². The first-order valence-corrected chi connectivity index (χ1v) is 13.1. The summed E-state index contributed by atoms with van der Waals surface area (Å²) < 4.78 is 3.10. The number of amides is 1. The van der Waals surface area contributed by atoms with Crippen LogP contribution < -0.4 is 0 Å². The number of nitrogens with one attached hydrogen (secondary N) is 1. The number of H-pyrrole nitrogens is 1. The zero-order valence-corrected chi connectivity index (χ0v) is 22.6. The smallest absolute Gasteiger partial charge is 0.270 e. The van der Waals surface area contributed by atoms with E-state index in [4.69, 9.17) is 11.6 Å². The van der Waals surface area contributed by atoms with Crippen LogP contribution >= 0.6 is 27.5 Å². The van der Waals surface area contributed by atoms with Crippen molar-refractivity contribution in [1.29, 1.82) is 0 Å². The molecule has 5 rings (SSSR count). The summed E-state index contributed by atoms with van der Waals surface area (Å²) >= 11 is 9.83. The van der Waals surface area contributed by atoms with Crippen molar-refractivity contribution in [2.45, 2.75) is 19.9 Å². The highest BCUT2D eigenvalue weighted by Crippen LogP contribution is 2.32.